The number of rotatable bonds is 7. The molecule has 3 rings (SSSR count). The van der Waals surface area contributed by atoms with E-state index >= 15 is 0 Å². The normalized spacial score (nSPS) is 10.5. The topological polar surface area (TPSA) is 80.2 Å². The van der Waals surface area contributed by atoms with E-state index in [0.717, 1.165) is 12.8 Å². The summed E-state index contributed by atoms with van der Waals surface area (Å²) in [4.78, 5) is 37.2. The van der Waals surface area contributed by atoms with Crippen molar-refractivity contribution in [3.8, 4) is 5.69 Å². The number of nitrogens with one attached hydrogen (secondary N) is 2. The Bertz CT molecular complexity index is 1090. The number of benzene rings is 2. The Hall–Kier alpha value is -3.74. The van der Waals surface area contributed by atoms with Gasteiger partial charge in [0.1, 0.15) is 11.4 Å². The minimum atomic E-state index is -0.422. The molecule has 0 unspecified atom stereocenters. The summed E-state index contributed by atoms with van der Waals surface area (Å²) < 4.78 is 14.4. The predicted octanol–water partition coefficient (Wildman–Crippen LogP) is 3.76. The molecule has 6 nitrogen and oxygen atoms in total. The van der Waals surface area contributed by atoms with Crippen molar-refractivity contribution in [2.45, 2.75) is 19.8 Å². The minimum absolute atomic E-state index is 0.0716. The number of unbranched alkanes of at least 4 members (excludes halogenated alkanes) is 1. The average Bonchev–Trinajstić information content (AvgIpc) is 2.75. The van der Waals surface area contributed by atoms with Crippen molar-refractivity contribution in [1.82, 2.24) is 9.88 Å². The number of hydrogen-bond donors (Lipinski definition) is 2. The molecule has 2 N–H and O–H groups in total. The second-order valence-corrected chi connectivity index (χ2v) is 6.71. The van der Waals surface area contributed by atoms with E-state index in [1.165, 1.54) is 34.9 Å². The molecular formula is C23H22FN3O3. The molecule has 0 aliphatic heterocycles. The van der Waals surface area contributed by atoms with Gasteiger partial charge in [-0.25, -0.2) is 4.39 Å². The molecule has 0 aliphatic rings. The summed E-state index contributed by atoms with van der Waals surface area (Å²) in [6.07, 6.45) is 3.37. The van der Waals surface area contributed by atoms with Crippen LogP contribution in [-0.4, -0.2) is 22.9 Å². The molecule has 0 saturated heterocycles. The Morgan fingerprint density at radius 3 is 2.33 bits per heavy atom. The molecule has 1 aromatic heterocycles. The van der Waals surface area contributed by atoms with Crippen LogP contribution in [0, 0.1) is 5.82 Å². The molecule has 7 heteroatoms. The van der Waals surface area contributed by atoms with Crippen LogP contribution in [0.1, 0.15) is 40.5 Å². The van der Waals surface area contributed by atoms with E-state index in [-0.39, 0.29) is 11.5 Å². The average molecular weight is 407 g/mol. The molecule has 0 saturated carbocycles. The van der Waals surface area contributed by atoms with Gasteiger partial charge in [-0.1, -0.05) is 13.3 Å². The van der Waals surface area contributed by atoms with Crippen LogP contribution in [0.4, 0.5) is 10.1 Å². The highest BCUT2D eigenvalue weighted by molar-refractivity contribution is 6.04. The number of halogens is 1. The molecule has 0 radical (unpaired) electrons. The van der Waals surface area contributed by atoms with Gasteiger partial charge in [0.15, 0.2) is 0 Å². The van der Waals surface area contributed by atoms with Gasteiger partial charge in [-0.05, 0) is 67.1 Å². The fraction of sp³-hybridized carbons (Fsp3) is 0.174. The van der Waals surface area contributed by atoms with Crippen molar-refractivity contribution in [3.05, 3.63) is 94.2 Å². The summed E-state index contributed by atoms with van der Waals surface area (Å²) in [7, 11) is 0. The number of carbonyl (C=O) groups excluding carboxylic acids is 2. The molecule has 1 heterocycles. The lowest BCUT2D eigenvalue weighted by Crippen LogP contribution is -2.32. The van der Waals surface area contributed by atoms with Gasteiger partial charge in [0, 0.05) is 29.7 Å². The first-order chi connectivity index (χ1) is 14.5. The van der Waals surface area contributed by atoms with Crippen molar-refractivity contribution < 1.29 is 14.0 Å². The zero-order valence-corrected chi connectivity index (χ0v) is 16.5. The smallest absolute Gasteiger partial charge is 0.267 e. The van der Waals surface area contributed by atoms with E-state index in [1.807, 2.05) is 6.92 Å². The van der Waals surface area contributed by atoms with Crippen molar-refractivity contribution in [3.63, 3.8) is 0 Å². The van der Waals surface area contributed by atoms with E-state index in [0.29, 0.717) is 23.5 Å². The van der Waals surface area contributed by atoms with Crippen LogP contribution >= 0.6 is 0 Å². The number of nitrogens with zero attached hydrogens (tertiary/aromatic N) is 1. The second kappa shape index (κ2) is 9.65. The van der Waals surface area contributed by atoms with Crippen LogP contribution in [-0.2, 0) is 0 Å². The summed E-state index contributed by atoms with van der Waals surface area (Å²) in [5, 5.41) is 5.46. The molecule has 2 amide bonds. The molecule has 0 fully saturated rings. The molecule has 0 atom stereocenters. The lowest BCUT2D eigenvalue weighted by molar-refractivity contribution is 0.0950. The van der Waals surface area contributed by atoms with Gasteiger partial charge in [-0.15, -0.1) is 0 Å². The van der Waals surface area contributed by atoms with Gasteiger partial charge in [0.25, 0.3) is 17.4 Å². The summed E-state index contributed by atoms with van der Waals surface area (Å²) in [6.45, 7) is 2.54. The predicted molar refractivity (Wildman–Crippen MR) is 114 cm³/mol. The summed E-state index contributed by atoms with van der Waals surface area (Å²) in [6, 6.07) is 15.0. The monoisotopic (exact) mass is 407 g/mol. The Morgan fingerprint density at radius 1 is 0.967 bits per heavy atom. The molecule has 154 valence electrons. The lowest BCUT2D eigenvalue weighted by Gasteiger charge is -2.10. The van der Waals surface area contributed by atoms with Crippen molar-refractivity contribution in [2.24, 2.45) is 0 Å². The third kappa shape index (κ3) is 5.00. The maximum Gasteiger partial charge on any atom is 0.267 e. The second-order valence-electron chi connectivity index (χ2n) is 6.71. The van der Waals surface area contributed by atoms with Gasteiger partial charge in [-0.3, -0.25) is 19.0 Å². The maximum atomic E-state index is 13.0. The van der Waals surface area contributed by atoms with Crippen LogP contribution in [0.5, 0.6) is 0 Å². The number of amides is 2. The third-order valence-corrected chi connectivity index (χ3v) is 4.52. The largest absolute Gasteiger partial charge is 0.352 e. The summed E-state index contributed by atoms with van der Waals surface area (Å²) >= 11 is 0. The first-order valence-corrected chi connectivity index (χ1v) is 9.67. The fourth-order valence-corrected chi connectivity index (χ4v) is 2.85. The van der Waals surface area contributed by atoms with Gasteiger partial charge in [0.2, 0.25) is 0 Å². The van der Waals surface area contributed by atoms with Gasteiger partial charge >= 0.3 is 0 Å². The Kier molecular flexibility index (Phi) is 6.75. The third-order valence-electron chi connectivity index (χ3n) is 4.52. The summed E-state index contributed by atoms with van der Waals surface area (Å²) in [5.41, 5.74) is 1.06. The van der Waals surface area contributed by atoms with Crippen LogP contribution in [0.25, 0.3) is 5.69 Å². The maximum absolute atomic E-state index is 13.0. The molecular weight excluding hydrogens is 385 g/mol. The van der Waals surface area contributed by atoms with Gasteiger partial charge in [-0.2, -0.15) is 0 Å². The molecule has 0 bridgehead atoms. The molecule has 3 aromatic rings. The standard InChI is InChI=1S/C23H22FN3O3/c1-2-3-14-25-22(29)20-5-4-15-27(23(20)30)19-12-10-18(11-13-19)26-21(28)16-6-8-17(24)9-7-16/h4-13,15H,2-3,14H2,1H3,(H,25,29)(H,26,28). The van der Waals surface area contributed by atoms with E-state index in [2.05, 4.69) is 10.6 Å². The number of anilines is 1. The van der Waals surface area contributed by atoms with Crippen molar-refractivity contribution in [1.29, 1.82) is 0 Å². The highest BCUT2D eigenvalue weighted by atomic mass is 19.1. The summed E-state index contributed by atoms with van der Waals surface area (Å²) in [5.74, 6) is -1.18. The fourth-order valence-electron chi connectivity index (χ4n) is 2.85. The van der Waals surface area contributed by atoms with E-state index < -0.39 is 17.3 Å². The number of aromatic nitrogens is 1. The lowest BCUT2D eigenvalue weighted by atomic mass is 10.2. The van der Waals surface area contributed by atoms with E-state index in [4.69, 9.17) is 0 Å². The Morgan fingerprint density at radius 2 is 1.67 bits per heavy atom. The Labute approximate surface area is 173 Å². The molecule has 0 spiro atoms. The van der Waals surface area contributed by atoms with Gasteiger partial charge in [0.05, 0.1) is 0 Å². The van der Waals surface area contributed by atoms with Crippen LogP contribution < -0.4 is 16.2 Å². The highest BCUT2D eigenvalue weighted by Crippen LogP contribution is 2.14. The number of hydrogen-bond acceptors (Lipinski definition) is 3. The van der Waals surface area contributed by atoms with E-state index in [1.54, 1.807) is 36.5 Å². The molecule has 0 aliphatic carbocycles. The Balaban J connectivity index is 1.75. The highest BCUT2D eigenvalue weighted by Gasteiger charge is 2.13. The first-order valence-electron chi connectivity index (χ1n) is 9.67. The minimum Gasteiger partial charge on any atom is -0.352 e. The molecule has 30 heavy (non-hydrogen) atoms. The number of pyridine rings is 1. The zero-order valence-electron chi connectivity index (χ0n) is 16.5. The SMILES string of the molecule is CCCCNC(=O)c1cccn(-c2ccc(NC(=O)c3ccc(F)cc3)cc2)c1=O. The van der Waals surface area contributed by atoms with Crippen LogP contribution in [0.3, 0.4) is 0 Å². The quantitative estimate of drug-likeness (QED) is 0.585. The first kappa shape index (κ1) is 21.0. The van der Waals surface area contributed by atoms with Crippen LogP contribution in [0.2, 0.25) is 0 Å². The zero-order chi connectivity index (χ0) is 21.5. The number of carbonyl (C=O) groups is 2. The van der Waals surface area contributed by atoms with Gasteiger partial charge < -0.3 is 10.6 Å². The van der Waals surface area contributed by atoms with Crippen molar-refractivity contribution >= 4 is 17.5 Å². The van der Waals surface area contributed by atoms with Crippen molar-refractivity contribution in [2.75, 3.05) is 11.9 Å². The molecule has 2 aromatic carbocycles. The van der Waals surface area contributed by atoms with E-state index in [9.17, 15) is 18.8 Å². The van der Waals surface area contributed by atoms with Crippen LogP contribution in [0.15, 0.2) is 71.7 Å².